The van der Waals surface area contributed by atoms with Crippen LogP contribution in [0.4, 0.5) is 0 Å². The highest BCUT2D eigenvalue weighted by Gasteiger charge is 2.34. The molecule has 0 aromatic heterocycles. The summed E-state index contributed by atoms with van der Waals surface area (Å²) in [4.78, 5) is 10.6. The van der Waals surface area contributed by atoms with E-state index < -0.39 is 8.32 Å². The van der Waals surface area contributed by atoms with Gasteiger partial charge in [0.2, 0.25) is 0 Å². The largest absolute Gasteiger partial charge is 0.485 e. The lowest BCUT2D eigenvalue weighted by Gasteiger charge is -2.33. The Balaban J connectivity index is 2.35. The predicted octanol–water partition coefficient (Wildman–Crippen LogP) is 2.76. The fourth-order valence-electron chi connectivity index (χ4n) is 2.56. The van der Waals surface area contributed by atoms with Gasteiger partial charge < -0.3 is 14.9 Å². The average molecular weight is 245 g/mol. The van der Waals surface area contributed by atoms with E-state index in [1.165, 1.54) is 32.1 Å². The fourth-order valence-corrected chi connectivity index (χ4v) is 6.32. The van der Waals surface area contributed by atoms with Crippen LogP contribution in [0.3, 0.4) is 0 Å². The van der Waals surface area contributed by atoms with E-state index in [9.17, 15) is 4.80 Å². The van der Waals surface area contributed by atoms with Crippen LogP contribution >= 0.6 is 0 Å². The topological polar surface area (TPSA) is 20.2 Å². The summed E-state index contributed by atoms with van der Waals surface area (Å²) in [7, 11) is -1.86. The van der Waals surface area contributed by atoms with Crippen LogP contribution in [0.25, 0.3) is 0 Å². The van der Waals surface area contributed by atoms with Crippen molar-refractivity contribution in [1.82, 2.24) is 0 Å². The Morgan fingerprint density at radius 1 is 1.27 bits per heavy atom. The molecule has 0 spiro atoms. The van der Waals surface area contributed by atoms with Crippen molar-refractivity contribution in [2.75, 3.05) is 5.75 Å². The van der Waals surface area contributed by atoms with Gasteiger partial charge in [-0.15, -0.1) is 5.75 Å². The molecule has 1 saturated carbocycles. The van der Waals surface area contributed by atoms with Crippen molar-refractivity contribution in [1.29, 1.82) is 0 Å². The fraction of sp³-hybridized carbons (Fsp3) is 0.833. The van der Waals surface area contributed by atoms with Crippen LogP contribution in [0.1, 0.15) is 38.5 Å². The molecular weight excluding hydrogens is 220 g/mol. The van der Waals surface area contributed by atoms with E-state index in [1.54, 1.807) is 0 Å². The summed E-state index contributed by atoms with van der Waals surface area (Å²) >= 11 is 0. The minimum absolute atomic E-state index is 0.0559. The van der Waals surface area contributed by atoms with Crippen molar-refractivity contribution in [2.24, 2.45) is 0 Å². The van der Waals surface area contributed by atoms with Crippen LogP contribution in [-0.2, 0) is 10.1 Å². The molecule has 0 aliphatic heterocycles. The first-order valence-corrected chi connectivity index (χ1v) is 10.5. The molecule has 3 heteroatoms. The van der Waals surface area contributed by atoms with Crippen molar-refractivity contribution in [3.05, 3.63) is 0 Å². The van der Waals surface area contributed by atoms with Gasteiger partial charge in [0.25, 0.3) is 0 Å². The van der Waals surface area contributed by atoms with Gasteiger partial charge in [-0.2, -0.15) is 0 Å². The van der Waals surface area contributed by atoms with Crippen LogP contribution < -0.4 is 0 Å². The standard InChI is InChI=1S/C12H25OSSi/c1-14(2)10-7-11-15(3,13)12-8-5-4-6-9-12/h12-13H,1-2,4-11H2,3H3/q-1. The zero-order chi connectivity index (χ0) is 11.3. The lowest BCUT2D eigenvalue weighted by Crippen LogP contribution is -2.37. The normalized spacial score (nSPS) is 22.9. The van der Waals surface area contributed by atoms with Crippen molar-refractivity contribution >= 4 is 30.1 Å². The molecule has 1 N–H and O–H groups in total. The van der Waals surface area contributed by atoms with Gasteiger partial charge in [-0.3, -0.25) is 0 Å². The molecule has 1 nitrogen and oxygen atoms in total. The van der Waals surface area contributed by atoms with Crippen LogP contribution in [0.15, 0.2) is 0 Å². The van der Waals surface area contributed by atoms with Gasteiger partial charge in [0.15, 0.2) is 8.32 Å². The second-order valence-electron chi connectivity index (χ2n) is 5.11. The monoisotopic (exact) mass is 245 g/mol. The Bertz CT molecular complexity index is 244. The third-order valence-electron chi connectivity index (χ3n) is 3.60. The van der Waals surface area contributed by atoms with E-state index in [2.05, 4.69) is 18.3 Å². The molecule has 0 radical (unpaired) electrons. The second kappa shape index (κ2) is 6.11. The maximum atomic E-state index is 10.6. The molecule has 0 saturated heterocycles. The number of hydrogen-bond acceptors (Lipinski definition) is 2. The summed E-state index contributed by atoms with van der Waals surface area (Å²) in [6.07, 6.45) is 7.74. The molecule has 0 aromatic rings. The smallest absolute Gasteiger partial charge is 0.188 e. The van der Waals surface area contributed by atoms with Crippen molar-refractivity contribution in [3.63, 3.8) is 0 Å². The van der Waals surface area contributed by atoms with E-state index in [4.69, 9.17) is 0 Å². The van der Waals surface area contributed by atoms with Gasteiger partial charge in [-0.05, 0) is 18.1 Å². The van der Waals surface area contributed by atoms with Crippen LogP contribution in [-0.4, -0.2) is 30.6 Å². The highest BCUT2D eigenvalue weighted by atomic mass is 32.2. The Morgan fingerprint density at radius 2 is 1.87 bits per heavy atom. The zero-order valence-corrected chi connectivity index (χ0v) is 11.8. The number of hydrogen-bond donors (Lipinski definition) is 1. The minimum Gasteiger partial charge on any atom is -0.485 e. The lowest BCUT2D eigenvalue weighted by molar-refractivity contribution is 0.428. The Labute approximate surface area is 97.5 Å². The van der Waals surface area contributed by atoms with Crippen molar-refractivity contribution in [2.45, 2.75) is 56.7 Å². The molecule has 0 bridgehead atoms. The Hall–Kier alpha value is 0.267. The lowest BCUT2D eigenvalue weighted by atomic mass is 10.0. The molecule has 0 amide bonds. The molecule has 90 valence electrons. The maximum absolute atomic E-state index is 10.6. The van der Waals surface area contributed by atoms with E-state index in [1.807, 2.05) is 0 Å². The van der Waals surface area contributed by atoms with Crippen LogP contribution in [0.5, 0.6) is 0 Å². The summed E-state index contributed by atoms with van der Waals surface area (Å²) < 4.78 is 0. The predicted molar refractivity (Wildman–Crippen MR) is 76.6 cm³/mol. The highest BCUT2D eigenvalue weighted by Crippen LogP contribution is 2.37. The first kappa shape index (κ1) is 13.3. The summed E-state index contributed by atoms with van der Waals surface area (Å²) in [5, 5.41) is 0. The van der Waals surface area contributed by atoms with E-state index in [0.717, 1.165) is 18.2 Å². The van der Waals surface area contributed by atoms with Crippen molar-refractivity contribution < 1.29 is 4.80 Å². The zero-order valence-electron chi connectivity index (χ0n) is 10.0. The average Bonchev–Trinajstić information content (AvgIpc) is 2.18. The van der Waals surface area contributed by atoms with E-state index >= 15 is 0 Å². The molecular formula is C12H25OSSi-. The summed E-state index contributed by atoms with van der Waals surface area (Å²) in [6, 6.07) is 1.06. The summed E-state index contributed by atoms with van der Waals surface area (Å²) in [6.45, 7) is 2.16. The SMILES string of the molecule is C=[S-](=C)CCC[Si](C)(O)C1CCCCC1. The maximum Gasteiger partial charge on any atom is 0.188 e. The molecule has 1 aliphatic rings. The van der Waals surface area contributed by atoms with Gasteiger partial charge >= 0.3 is 0 Å². The second-order valence-corrected chi connectivity index (χ2v) is 10.8. The van der Waals surface area contributed by atoms with E-state index in [-0.39, 0.29) is 10.1 Å². The molecule has 15 heavy (non-hydrogen) atoms. The third kappa shape index (κ3) is 4.75. The molecule has 1 unspecified atom stereocenters. The molecule has 1 atom stereocenters. The summed E-state index contributed by atoms with van der Waals surface area (Å²) in [5.41, 5.74) is 0.669. The van der Waals surface area contributed by atoms with Crippen molar-refractivity contribution in [3.8, 4) is 0 Å². The van der Waals surface area contributed by atoms with Crippen LogP contribution in [0, 0.1) is 0 Å². The first-order valence-electron chi connectivity index (χ1n) is 6.05. The first-order chi connectivity index (χ1) is 7.02. The molecule has 1 aliphatic carbocycles. The van der Waals surface area contributed by atoms with Gasteiger partial charge in [-0.25, -0.2) is 11.7 Å². The molecule has 1 fully saturated rings. The third-order valence-corrected chi connectivity index (χ3v) is 8.17. The van der Waals surface area contributed by atoms with Gasteiger partial charge in [0.1, 0.15) is 0 Å². The van der Waals surface area contributed by atoms with Gasteiger partial charge in [-0.1, -0.05) is 38.5 Å². The Kier molecular flexibility index (Phi) is 5.43. The minimum atomic E-state index is -1.92. The summed E-state index contributed by atoms with van der Waals surface area (Å²) in [5.74, 6) is 8.94. The molecule has 0 aromatic carbocycles. The molecule has 0 heterocycles. The van der Waals surface area contributed by atoms with E-state index in [0.29, 0.717) is 5.54 Å². The Morgan fingerprint density at radius 3 is 2.40 bits per heavy atom. The quantitative estimate of drug-likeness (QED) is 0.449. The molecule has 1 rings (SSSR count). The highest BCUT2D eigenvalue weighted by molar-refractivity contribution is 7.91. The van der Waals surface area contributed by atoms with Gasteiger partial charge in [0, 0.05) is 0 Å². The number of rotatable bonds is 5. The van der Waals surface area contributed by atoms with Crippen LogP contribution in [0.2, 0.25) is 18.1 Å². The van der Waals surface area contributed by atoms with Gasteiger partial charge in [0.05, 0.1) is 0 Å².